The molecule has 5 aliphatic rings. The number of nitrogens with zero attached hydrogens (tertiary/aromatic N) is 1. The molecule has 0 atom stereocenters. The first kappa shape index (κ1) is 47.4. The lowest BCUT2D eigenvalue weighted by Crippen LogP contribution is -2.32. The Labute approximate surface area is 493 Å². The van der Waals surface area contributed by atoms with Gasteiger partial charge >= 0.3 is 0 Å². The molecule has 3 aliphatic carbocycles. The summed E-state index contributed by atoms with van der Waals surface area (Å²) in [6.07, 6.45) is 0. The Morgan fingerprint density at radius 1 is 0.238 bits per heavy atom. The van der Waals surface area contributed by atoms with E-state index in [0.29, 0.717) is 0 Å². The van der Waals surface area contributed by atoms with Crippen LogP contribution in [0.25, 0.3) is 44.5 Å². The maximum absolute atomic E-state index is 6.73. The Kier molecular flexibility index (Phi) is 10.1. The second-order valence-electron chi connectivity index (χ2n) is 22.9. The lowest BCUT2D eigenvalue weighted by Gasteiger charge is -2.39. The van der Waals surface area contributed by atoms with Gasteiger partial charge in [0.25, 0.3) is 0 Å². The maximum atomic E-state index is 6.73. The van der Waals surface area contributed by atoms with E-state index >= 15 is 0 Å². The van der Waals surface area contributed by atoms with Gasteiger partial charge in [-0.1, -0.05) is 254 Å². The van der Waals surface area contributed by atoms with Crippen LogP contribution in [-0.4, -0.2) is 0 Å². The van der Waals surface area contributed by atoms with Crippen molar-refractivity contribution >= 4 is 28.8 Å². The monoisotopic (exact) mass is 1090 g/mol. The highest BCUT2D eigenvalue weighted by Crippen LogP contribution is 2.65. The number of fused-ring (bicyclic) bond motifs is 21. The minimum atomic E-state index is -0.575. The van der Waals surface area contributed by atoms with Crippen LogP contribution in [0.4, 0.5) is 17.1 Å². The van der Waals surface area contributed by atoms with E-state index in [4.69, 9.17) is 4.74 Å². The van der Waals surface area contributed by atoms with E-state index in [1.165, 1.54) is 104 Å². The molecule has 0 bridgehead atoms. The molecule has 2 aliphatic heterocycles. The van der Waals surface area contributed by atoms with Gasteiger partial charge in [-0.3, -0.25) is 0 Å². The van der Waals surface area contributed by atoms with Crippen molar-refractivity contribution in [3.05, 3.63) is 376 Å². The third-order valence-electron chi connectivity index (χ3n) is 19.1. The molecule has 392 valence electrons. The van der Waals surface area contributed by atoms with Gasteiger partial charge in [0, 0.05) is 38.0 Å². The van der Waals surface area contributed by atoms with Gasteiger partial charge in [-0.25, -0.2) is 0 Å². The summed E-state index contributed by atoms with van der Waals surface area (Å²) in [7, 11) is 0. The van der Waals surface area contributed by atoms with Gasteiger partial charge < -0.3 is 9.64 Å². The third kappa shape index (κ3) is 6.26. The van der Waals surface area contributed by atoms with Crippen LogP contribution in [0, 0.1) is 0 Å². The van der Waals surface area contributed by atoms with E-state index in [9.17, 15) is 0 Å². The molecule has 2 spiro atoms. The Morgan fingerprint density at radius 2 is 0.607 bits per heavy atom. The van der Waals surface area contributed by atoms with Gasteiger partial charge in [-0.05, 0) is 167 Å². The molecule has 2 heterocycles. The van der Waals surface area contributed by atoms with E-state index in [2.05, 4.69) is 314 Å². The fourth-order valence-corrected chi connectivity index (χ4v) is 17.0. The molecule has 0 saturated heterocycles. The summed E-state index contributed by atoms with van der Waals surface area (Å²) >= 11 is 1.89. The molecule has 0 radical (unpaired) electrons. The average Bonchev–Trinajstić information content (AvgIpc) is 1.62. The Balaban J connectivity index is 0.840. The van der Waals surface area contributed by atoms with Gasteiger partial charge in [0.1, 0.15) is 11.5 Å². The van der Waals surface area contributed by atoms with E-state index in [1.807, 2.05) is 11.8 Å². The van der Waals surface area contributed by atoms with Crippen LogP contribution in [0.1, 0.15) is 66.8 Å². The predicted octanol–water partition coefficient (Wildman–Crippen LogP) is 20.5. The fourth-order valence-electron chi connectivity index (χ4n) is 15.8. The second-order valence-corrected chi connectivity index (χ2v) is 24.0. The van der Waals surface area contributed by atoms with E-state index < -0.39 is 16.2 Å². The van der Waals surface area contributed by atoms with Crippen molar-refractivity contribution < 1.29 is 4.74 Å². The first-order chi connectivity index (χ1) is 41.6. The zero-order chi connectivity index (χ0) is 55.1. The topological polar surface area (TPSA) is 12.5 Å². The SMILES string of the molecule is c1ccc(C2(c3ccccc3)c3ccccc3-c3ccc(-c4ccc(N(c5ccc6c(c5)-c5ccccc5C65c6ccccc6Oc6ccccc65)c5ccc6c(c5)-c5ccccc5C65c6ccccc6Sc6ccccc65)cc4)cc32)cc1. The lowest BCUT2D eigenvalue weighted by molar-refractivity contribution is 0.436. The number of rotatable bonds is 6. The molecule has 2 nitrogen and oxygen atoms in total. The average molecular weight is 1090 g/mol. The van der Waals surface area contributed by atoms with Crippen LogP contribution in [0.3, 0.4) is 0 Å². The van der Waals surface area contributed by atoms with Gasteiger partial charge in [0.15, 0.2) is 0 Å². The molecule has 0 N–H and O–H groups in total. The number of hydrogen-bond donors (Lipinski definition) is 0. The van der Waals surface area contributed by atoms with E-state index in [0.717, 1.165) is 45.3 Å². The maximum Gasteiger partial charge on any atom is 0.132 e. The van der Waals surface area contributed by atoms with Crippen LogP contribution < -0.4 is 9.64 Å². The van der Waals surface area contributed by atoms with Crippen molar-refractivity contribution in [1.29, 1.82) is 0 Å². The minimum Gasteiger partial charge on any atom is -0.457 e. The van der Waals surface area contributed by atoms with Crippen LogP contribution in [0.5, 0.6) is 11.5 Å². The van der Waals surface area contributed by atoms with Crippen LogP contribution in [-0.2, 0) is 16.2 Å². The predicted molar refractivity (Wildman–Crippen MR) is 343 cm³/mol. The summed E-state index contributed by atoms with van der Waals surface area (Å²) in [5.41, 5.74) is 26.8. The van der Waals surface area contributed by atoms with Crippen molar-refractivity contribution in [2.24, 2.45) is 0 Å². The van der Waals surface area contributed by atoms with Gasteiger partial charge in [0.2, 0.25) is 0 Å². The van der Waals surface area contributed by atoms with E-state index in [-0.39, 0.29) is 0 Å². The largest absolute Gasteiger partial charge is 0.457 e. The number of benzene rings is 13. The molecule has 0 unspecified atom stereocenters. The summed E-state index contributed by atoms with van der Waals surface area (Å²) in [6, 6.07) is 116. The van der Waals surface area contributed by atoms with E-state index in [1.54, 1.807) is 0 Å². The molecule has 3 heteroatoms. The molecule has 84 heavy (non-hydrogen) atoms. The quantitative estimate of drug-likeness (QED) is 0.165. The molecule has 13 aromatic rings. The number of para-hydroxylation sites is 2. The molecule has 0 amide bonds. The van der Waals surface area contributed by atoms with Crippen molar-refractivity contribution in [3.63, 3.8) is 0 Å². The zero-order valence-electron chi connectivity index (χ0n) is 45.7. The highest BCUT2D eigenvalue weighted by Gasteiger charge is 2.53. The number of anilines is 3. The van der Waals surface area contributed by atoms with Crippen molar-refractivity contribution in [1.82, 2.24) is 0 Å². The van der Waals surface area contributed by atoms with Gasteiger partial charge in [-0.2, -0.15) is 0 Å². The molecular weight excluding hydrogens is 1030 g/mol. The summed E-state index contributed by atoms with van der Waals surface area (Å²) in [4.78, 5) is 5.09. The standard InChI is InChI=1S/C81H51NOS/c1-3-21-54(22-4-1)79(55-23-5-2-6-24-55)65-28-10-7-25-59(65)62-46-41-53(49-74(62)79)52-39-42-56(43-40-52)82(57-44-47-68-63(50-57)60-26-8-11-29-66(60)80(68)70-31-13-17-35-75(70)83-76-36-18-14-32-71(76)80)58-45-48-69-64(51-58)61-27-9-12-30-67(61)81(69)72-33-15-19-37-77(72)84-78-38-20-16-34-73(78)81/h1-51H. The highest BCUT2D eigenvalue weighted by molar-refractivity contribution is 7.99. The normalized spacial score (nSPS) is 14.8. The lowest BCUT2D eigenvalue weighted by atomic mass is 9.66. The summed E-state index contributed by atoms with van der Waals surface area (Å²) in [6.45, 7) is 0. The fraction of sp³-hybridized carbons (Fsp3) is 0.0370. The molecule has 0 saturated carbocycles. The van der Waals surface area contributed by atoms with Crippen molar-refractivity contribution in [3.8, 4) is 56.0 Å². The smallest absolute Gasteiger partial charge is 0.132 e. The molecule has 13 aromatic carbocycles. The second kappa shape index (κ2) is 17.9. The molecular formula is C81H51NOS. The highest BCUT2D eigenvalue weighted by atomic mass is 32.2. The van der Waals surface area contributed by atoms with Crippen LogP contribution >= 0.6 is 11.8 Å². The molecule has 0 aromatic heterocycles. The van der Waals surface area contributed by atoms with Crippen LogP contribution in [0.2, 0.25) is 0 Å². The Morgan fingerprint density at radius 3 is 1.13 bits per heavy atom. The molecule has 18 rings (SSSR count). The first-order valence-electron chi connectivity index (χ1n) is 29.1. The zero-order valence-corrected chi connectivity index (χ0v) is 46.5. The third-order valence-corrected chi connectivity index (χ3v) is 20.2. The summed E-state index contributed by atoms with van der Waals surface area (Å²) in [5, 5.41) is 0. The number of hydrogen-bond acceptors (Lipinski definition) is 3. The van der Waals surface area contributed by atoms with Gasteiger partial charge in [0.05, 0.1) is 16.2 Å². The van der Waals surface area contributed by atoms with Crippen molar-refractivity contribution in [2.75, 3.05) is 4.90 Å². The summed E-state index contributed by atoms with van der Waals surface area (Å²) in [5.74, 6) is 1.78. The molecule has 0 fully saturated rings. The Bertz CT molecular complexity index is 4540. The number of ether oxygens (including phenoxy) is 1. The first-order valence-corrected chi connectivity index (χ1v) is 30.0. The Hall–Kier alpha value is -10.2. The summed E-state index contributed by atoms with van der Waals surface area (Å²) < 4.78 is 6.73. The minimum absolute atomic E-state index is 0.479. The van der Waals surface area contributed by atoms with Crippen molar-refractivity contribution in [2.45, 2.75) is 26.0 Å². The van der Waals surface area contributed by atoms with Crippen LogP contribution in [0.15, 0.2) is 319 Å². The van der Waals surface area contributed by atoms with Gasteiger partial charge in [-0.15, -0.1) is 0 Å².